The molecule has 0 amide bonds. The molecule has 4 heterocycles. The summed E-state index contributed by atoms with van der Waals surface area (Å²) in [5.74, 6) is 1.28. The smallest absolute Gasteiger partial charge is 0.279 e. The van der Waals surface area contributed by atoms with Crippen LogP contribution in [0.2, 0.25) is 0 Å². The SMILES string of the molecule is CC(C)(C)c1ccc(N2c3ccc(C(C)(C)C)cc3B3c4nc(-c5ccc6oc7ccc(C(C)(C)C)cc7c6c5)oc4N(c4c(-c5ccccc5)cccc4-c4ccccc4)c4cc(C(C)(C)C)cc2c43)cc1. The van der Waals surface area contributed by atoms with Gasteiger partial charge < -0.3 is 13.7 Å². The van der Waals surface area contributed by atoms with Gasteiger partial charge in [0.2, 0.25) is 11.8 Å². The number of aromatic nitrogens is 1. The van der Waals surface area contributed by atoms with Crippen molar-refractivity contribution < 1.29 is 8.83 Å². The van der Waals surface area contributed by atoms with Gasteiger partial charge in [0.25, 0.3) is 6.71 Å². The van der Waals surface area contributed by atoms with Crippen LogP contribution in [0.3, 0.4) is 0 Å². The van der Waals surface area contributed by atoms with E-state index >= 15 is 0 Å². The quantitative estimate of drug-likeness (QED) is 0.161. The fourth-order valence-electron chi connectivity index (χ4n) is 11.1. The first-order valence-corrected chi connectivity index (χ1v) is 26.0. The van der Waals surface area contributed by atoms with Crippen molar-refractivity contribution in [3.8, 4) is 33.7 Å². The third-order valence-corrected chi connectivity index (χ3v) is 15.3. The van der Waals surface area contributed by atoms with Gasteiger partial charge in [-0.15, -0.1) is 0 Å². The van der Waals surface area contributed by atoms with E-state index in [0.29, 0.717) is 11.8 Å². The second kappa shape index (κ2) is 16.5. The van der Waals surface area contributed by atoms with Crippen LogP contribution in [-0.4, -0.2) is 11.7 Å². The number of nitrogens with zero attached hydrogens (tertiary/aromatic N) is 3. The summed E-state index contributed by atoms with van der Waals surface area (Å²) < 4.78 is 14.1. The number of fused-ring (bicyclic) bond motifs is 7. The number of hydrogen-bond donors (Lipinski definition) is 0. The van der Waals surface area contributed by atoms with Crippen LogP contribution < -0.4 is 26.3 Å². The monoisotopic (exact) mass is 954 g/mol. The van der Waals surface area contributed by atoms with Crippen LogP contribution in [0.5, 0.6) is 0 Å². The minimum absolute atomic E-state index is 0.00509. The standard InChI is InChI=1S/C67H64BN3O2/c1-64(2,3)44-27-31-48(32-28-44)70-54-33-29-46(66(7,8)9)38-53(54)68-59-55(70)39-47(67(10,11)12)40-56(59)71(60-49(41-20-15-13-16-21-41)24-19-25-50(60)42-22-17-14-18-23-42)63-61(68)69-62(73-63)43-26-34-57-51(36-43)52-37-45(65(4,5)6)30-35-58(52)72-57/h13-40H,1-12H3. The maximum atomic E-state index is 7.57. The molecule has 12 rings (SSSR count). The van der Waals surface area contributed by atoms with Gasteiger partial charge in [0, 0.05) is 50.2 Å². The van der Waals surface area contributed by atoms with Gasteiger partial charge in [0.1, 0.15) is 11.2 Å². The number of hydrogen-bond acceptors (Lipinski definition) is 5. The Morgan fingerprint density at radius 1 is 0.411 bits per heavy atom. The summed E-state index contributed by atoms with van der Waals surface area (Å²) in [6.07, 6.45) is 0. The molecule has 10 aromatic rings. The van der Waals surface area contributed by atoms with Crippen LogP contribution in [0.15, 0.2) is 179 Å². The average Bonchev–Trinajstić information content (AvgIpc) is 3.97. The van der Waals surface area contributed by atoms with E-state index in [0.717, 1.165) is 83.8 Å². The number of rotatable bonds is 5. The normalized spacial score (nSPS) is 13.7. The lowest BCUT2D eigenvalue weighted by atomic mass is 9.35. The Hall–Kier alpha value is -7.57. The van der Waals surface area contributed by atoms with Crippen LogP contribution >= 0.6 is 0 Å². The minimum Gasteiger partial charge on any atom is -0.456 e. The minimum atomic E-state index is -0.262. The van der Waals surface area contributed by atoms with Crippen LogP contribution in [-0.2, 0) is 21.7 Å². The molecule has 0 atom stereocenters. The molecule has 362 valence electrons. The van der Waals surface area contributed by atoms with Gasteiger partial charge in [0.15, 0.2) is 0 Å². The Bertz CT molecular complexity index is 3720. The zero-order valence-electron chi connectivity index (χ0n) is 44.4. The highest BCUT2D eigenvalue weighted by molar-refractivity contribution is 6.99. The molecule has 2 aromatic heterocycles. The van der Waals surface area contributed by atoms with Gasteiger partial charge in [-0.2, -0.15) is 0 Å². The van der Waals surface area contributed by atoms with Gasteiger partial charge in [-0.1, -0.05) is 192 Å². The van der Waals surface area contributed by atoms with E-state index in [9.17, 15) is 0 Å². The number of anilines is 6. The summed E-state index contributed by atoms with van der Waals surface area (Å²) in [6.45, 7) is 27.3. The zero-order chi connectivity index (χ0) is 50.9. The molecule has 0 unspecified atom stereocenters. The van der Waals surface area contributed by atoms with Gasteiger partial charge in [-0.3, -0.25) is 4.90 Å². The van der Waals surface area contributed by atoms with E-state index in [1.54, 1.807) is 0 Å². The predicted molar refractivity (Wildman–Crippen MR) is 309 cm³/mol. The van der Waals surface area contributed by atoms with Crippen LogP contribution in [0.4, 0.5) is 34.3 Å². The van der Waals surface area contributed by atoms with Crippen molar-refractivity contribution in [3.05, 3.63) is 192 Å². The molecule has 8 aromatic carbocycles. The Morgan fingerprint density at radius 3 is 1.52 bits per heavy atom. The number of oxazole rings is 1. The molecule has 0 fully saturated rings. The van der Waals surface area contributed by atoms with Gasteiger partial charge in [-0.25, -0.2) is 4.98 Å². The topological polar surface area (TPSA) is 45.7 Å². The highest BCUT2D eigenvalue weighted by Gasteiger charge is 2.48. The lowest BCUT2D eigenvalue weighted by molar-refractivity contribution is 0.579. The summed E-state index contributed by atoms with van der Waals surface area (Å²) in [4.78, 5) is 10.8. The lowest BCUT2D eigenvalue weighted by Gasteiger charge is -2.44. The zero-order valence-corrected chi connectivity index (χ0v) is 44.4. The summed E-state index contributed by atoms with van der Waals surface area (Å²) in [7, 11) is 0. The van der Waals surface area contributed by atoms with Crippen molar-refractivity contribution in [2.75, 3.05) is 9.80 Å². The Kier molecular flexibility index (Phi) is 10.5. The molecule has 2 aliphatic rings. The van der Waals surface area contributed by atoms with E-state index in [2.05, 4.69) is 263 Å². The first-order valence-electron chi connectivity index (χ1n) is 26.0. The van der Waals surface area contributed by atoms with E-state index in [1.165, 1.54) is 33.2 Å². The molecule has 73 heavy (non-hydrogen) atoms. The second-order valence-electron chi connectivity index (χ2n) is 24.5. The van der Waals surface area contributed by atoms with E-state index in [1.807, 2.05) is 0 Å². The third-order valence-electron chi connectivity index (χ3n) is 15.3. The van der Waals surface area contributed by atoms with Crippen LogP contribution in [0.1, 0.15) is 105 Å². The van der Waals surface area contributed by atoms with Gasteiger partial charge in [0.05, 0.1) is 11.3 Å². The van der Waals surface area contributed by atoms with Crippen molar-refractivity contribution >= 4 is 79.5 Å². The van der Waals surface area contributed by atoms with Gasteiger partial charge >= 0.3 is 0 Å². The van der Waals surface area contributed by atoms with Crippen molar-refractivity contribution in [3.63, 3.8) is 0 Å². The summed E-state index contributed by atoms with van der Waals surface area (Å²) >= 11 is 0. The summed E-state index contributed by atoms with van der Waals surface area (Å²) in [5, 5.41) is 2.13. The maximum Gasteiger partial charge on any atom is 0.279 e. The molecule has 2 aliphatic heterocycles. The number of benzene rings is 8. The fraction of sp³-hybridized carbons (Fsp3) is 0.239. The first-order chi connectivity index (χ1) is 34.7. The fourth-order valence-corrected chi connectivity index (χ4v) is 11.1. The molecule has 0 aliphatic carbocycles. The van der Waals surface area contributed by atoms with E-state index in [4.69, 9.17) is 13.8 Å². The molecule has 0 spiro atoms. The Balaban J connectivity index is 1.21. The molecule has 5 nitrogen and oxygen atoms in total. The number of furan rings is 1. The molecule has 0 radical (unpaired) electrons. The molecule has 0 saturated heterocycles. The molecule has 0 bridgehead atoms. The van der Waals surface area contributed by atoms with E-state index in [-0.39, 0.29) is 28.4 Å². The maximum absolute atomic E-state index is 7.57. The highest BCUT2D eigenvalue weighted by Crippen LogP contribution is 2.52. The first kappa shape index (κ1) is 46.5. The highest BCUT2D eigenvalue weighted by atomic mass is 16.4. The molecular weight excluding hydrogens is 890 g/mol. The van der Waals surface area contributed by atoms with Crippen molar-refractivity contribution in [1.29, 1.82) is 0 Å². The van der Waals surface area contributed by atoms with Crippen LogP contribution in [0, 0.1) is 0 Å². The van der Waals surface area contributed by atoms with Crippen molar-refractivity contribution in [2.24, 2.45) is 0 Å². The van der Waals surface area contributed by atoms with Crippen LogP contribution in [0.25, 0.3) is 55.6 Å². The Morgan fingerprint density at radius 2 is 0.932 bits per heavy atom. The van der Waals surface area contributed by atoms with E-state index < -0.39 is 0 Å². The largest absolute Gasteiger partial charge is 0.456 e. The third kappa shape index (κ3) is 7.80. The molecule has 6 heteroatoms. The average molecular weight is 954 g/mol. The van der Waals surface area contributed by atoms with Crippen molar-refractivity contribution in [2.45, 2.75) is 105 Å². The Labute approximate surface area is 431 Å². The second-order valence-corrected chi connectivity index (χ2v) is 24.5. The lowest BCUT2D eigenvalue weighted by Crippen LogP contribution is -2.62. The molecular formula is C67H64BN3O2. The summed E-state index contributed by atoms with van der Waals surface area (Å²) in [5.41, 5.74) is 20.6. The molecule has 0 saturated carbocycles. The van der Waals surface area contributed by atoms with Crippen molar-refractivity contribution in [1.82, 2.24) is 4.98 Å². The number of para-hydroxylation sites is 1. The summed E-state index contributed by atoms with van der Waals surface area (Å²) in [6, 6.07) is 62.6. The molecule has 0 N–H and O–H groups in total. The van der Waals surface area contributed by atoms with Gasteiger partial charge in [-0.05, 0) is 127 Å². The predicted octanol–water partition coefficient (Wildman–Crippen LogP) is 16.8.